The van der Waals surface area contributed by atoms with Crippen LogP contribution < -0.4 is 10.2 Å². The predicted molar refractivity (Wildman–Crippen MR) is 72.7 cm³/mol. The highest BCUT2D eigenvalue weighted by Crippen LogP contribution is 2.19. The lowest BCUT2D eigenvalue weighted by Crippen LogP contribution is -2.36. The summed E-state index contributed by atoms with van der Waals surface area (Å²) in [4.78, 5) is 7.08. The molecule has 2 aliphatic rings. The average molecular weight is 245 g/mol. The summed E-state index contributed by atoms with van der Waals surface area (Å²) in [6.45, 7) is 5.49. The lowest BCUT2D eigenvalue weighted by Gasteiger charge is -2.28. The van der Waals surface area contributed by atoms with Crippen molar-refractivity contribution in [3.05, 3.63) is 30.0 Å². The first kappa shape index (κ1) is 11.7. The van der Waals surface area contributed by atoms with Crippen LogP contribution in [0, 0.1) is 0 Å². The number of aromatic nitrogens is 1. The zero-order valence-corrected chi connectivity index (χ0v) is 10.6. The van der Waals surface area contributed by atoms with E-state index >= 15 is 0 Å². The molecule has 0 radical (unpaired) electrons. The van der Waals surface area contributed by atoms with Crippen molar-refractivity contribution in [1.29, 1.82) is 0 Å². The van der Waals surface area contributed by atoms with E-state index in [-0.39, 0.29) is 0 Å². The van der Waals surface area contributed by atoms with Crippen molar-refractivity contribution < 1.29 is 4.74 Å². The Hall–Kier alpha value is -1.39. The number of ether oxygens (including phenoxy) is 1. The third kappa shape index (κ3) is 2.54. The molecular weight excluding hydrogens is 226 g/mol. The maximum atomic E-state index is 5.38. The van der Waals surface area contributed by atoms with Gasteiger partial charge in [0.05, 0.1) is 18.9 Å². The molecule has 0 unspecified atom stereocenters. The third-order valence-electron chi connectivity index (χ3n) is 3.43. The van der Waals surface area contributed by atoms with Crippen LogP contribution in [0.1, 0.15) is 12.1 Å². The number of rotatable bonds is 2. The van der Waals surface area contributed by atoms with Crippen LogP contribution in [0.3, 0.4) is 0 Å². The Morgan fingerprint density at radius 2 is 2.11 bits per heavy atom. The van der Waals surface area contributed by atoms with Crippen LogP contribution in [0.2, 0.25) is 0 Å². The van der Waals surface area contributed by atoms with Crippen LogP contribution in [-0.4, -0.2) is 44.4 Å². The molecule has 18 heavy (non-hydrogen) atoms. The lowest BCUT2D eigenvalue weighted by atomic mass is 10.1. The normalized spacial score (nSPS) is 20.7. The first-order valence-electron chi connectivity index (χ1n) is 6.63. The fraction of sp³-hybridized carbons (Fsp3) is 0.500. The zero-order chi connectivity index (χ0) is 12.2. The van der Waals surface area contributed by atoms with Gasteiger partial charge in [0.1, 0.15) is 5.82 Å². The largest absolute Gasteiger partial charge is 0.378 e. The number of nitrogens with zero attached hydrogens (tertiary/aromatic N) is 2. The van der Waals surface area contributed by atoms with Crippen molar-refractivity contribution in [1.82, 2.24) is 10.3 Å². The SMILES string of the molecule is C1=C(c2cccc(N3CCOCC3)n2)CNCC1. The molecule has 96 valence electrons. The van der Waals surface area contributed by atoms with Crippen molar-refractivity contribution in [3.8, 4) is 0 Å². The van der Waals surface area contributed by atoms with Gasteiger partial charge in [-0.1, -0.05) is 12.1 Å². The van der Waals surface area contributed by atoms with Crippen molar-refractivity contribution in [2.45, 2.75) is 6.42 Å². The average Bonchev–Trinajstić information content (AvgIpc) is 2.49. The first-order valence-corrected chi connectivity index (χ1v) is 6.63. The topological polar surface area (TPSA) is 37.4 Å². The Bertz CT molecular complexity index is 438. The minimum absolute atomic E-state index is 0.802. The minimum atomic E-state index is 0.802. The number of hydrogen-bond donors (Lipinski definition) is 1. The van der Waals surface area contributed by atoms with E-state index < -0.39 is 0 Å². The highest BCUT2D eigenvalue weighted by molar-refractivity contribution is 5.66. The molecule has 4 nitrogen and oxygen atoms in total. The summed E-state index contributed by atoms with van der Waals surface area (Å²) in [6, 6.07) is 6.29. The molecule has 1 fully saturated rings. The van der Waals surface area contributed by atoms with E-state index in [1.54, 1.807) is 0 Å². The Kier molecular flexibility index (Phi) is 3.57. The lowest BCUT2D eigenvalue weighted by molar-refractivity contribution is 0.122. The summed E-state index contributed by atoms with van der Waals surface area (Å²) < 4.78 is 5.38. The highest BCUT2D eigenvalue weighted by atomic mass is 16.5. The molecule has 4 heteroatoms. The van der Waals surface area contributed by atoms with Gasteiger partial charge in [0, 0.05) is 19.6 Å². The van der Waals surface area contributed by atoms with Gasteiger partial charge in [-0.2, -0.15) is 0 Å². The Labute approximate surface area is 108 Å². The second kappa shape index (κ2) is 5.50. The quantitative estimate of drug-likeness (QED) is 0.852. The molecule has 2 aliphatic heterocycles. The van der Waals surface area contributed by atoms with Gasteiger partial charge in [-0.05, 0) is 30.7 Å². The highest BCUT2D eigenvalue weighted by Gasteiger charge is 2.14. The Balaban J connectivity index is 1.81. The number of anilines is 1. The Morgan fingerprint density at radius 3 is 2.89 bits per heavy atom. The smallest absolute Gasteiger partial charge is 0.129 e. The van der Waals surface area contributed by atoms with Gasteiger partial charge in [-0.3, -0.25) is 0 Å². The summed E-state index contributed by atoms with van der Waals surface area (Å²) in [5, 5.41) is 3.39. The predicted octanol–water partition coefficient (Wildman–Crippen LogP) is 1.29. The van der Waals surface area contributed by atoms with E-state index in [9.17, 15) is 0 Å². The van der Waals surface area contributed by atoms with Crippen LogP contribution in [0.15, 0.2) is 24.3 Å². The van der Waals surface area contributed by atoms with Gasteiger partial charge in [-0.15, -0.1) is 0 Å². The zero-order valence-electron chi connectivity index (χ0n) is 10.6. The van der Waals surface area contributed by atoms with Crippen LogP contribution >= 0.6 is 0 Å². The fourth-order valence-corrected chi connectivity index (χ4v) is 2.41. The van der Waals surface area contributed by atoms with Crippen molar-refractivity contribution >= 4 is 11.4 Å². The van der Waals surface area contributed by atoms with Gasteiger partial charge in [-0.25, -0.2) is 4.98 Å². The van der Waals surface area contributed by atoms with Gasteiger partial charge < -0.3 is 15.0 Å². The summed E-state index contributed by atoms with van der Waals surface area (Å²) >= 11 is 0. The molecule has 1 saturated heterocycles. The molecule has 1 aromatic heterocycles. The molecule has 0 spiro atoms. The molecule has 0 aromatic carbocycles. The number of pyridine rings is 1. The number of morpholine rings is 1. The first-order chi connectivity index (χ1) is 8.93. The van der Waals surface area contributed by atoms with Crippen molar-refractivity contribution in [2.24, 2.45) is 0 Å². The molecule has 0 aliphatic carbocycles. The number of nitrogens with one attached hydrogen (secondary N) is 1. The number of hydrogen-bond acceptors (Lipinski definition) is 4. The molecule has 0 bridgehead atoms. The van der Waals surface area contributed by atoms with E-state index in [0.717, 1.165) is 57.3 Å². The van der Waals surface area contributed by atoms with Crippen LogP contribution in [0.5, 0.6) is 0 Å². The van der Waals surface area contributed by atoms with E-state index in [1.807, 2.05) is 0 Å². The van der Waals surface area contributed by atoms with Crippen LogP contribution in [0.4, 0.5) is 5.82 Å². The van der Waals surface area contributed by atoms with Gasteiger partial charge in [0.15, 0.2) is 0 Å². The summed E-state index contributed by atoms with van der Waals surface area (Å²) in [5.74, 6) is 1.07. The maximum absolute atomic E-state index is 5.38. The van der Waals surface area contributed by atoms with E-state index in [0.29, 0.717) is 0 Å². The van der Waals surface area contributed by atoms with E-state index in [1.165, 1.54) is 5.57 Å². The van der Waals surface area contributed by atoms with Gasteiger partial charge in [0.25, 0.3) is 0 Å². The molecule has 0 saturated carbocycles. The third-order valence-corrected chi connectivity index (χ3v) is 3.43. The standard InChI is InChI=1S/C14H19N3O/c1-4-13(12-3-2-6-15-11-12)16-14(5-1)17-7-9-18-10-8-17/h1,3-5,15H,2,6-11H2. The van der Waals surface area contributed by atoms with Gasteiger partial charge in [0.2, 0.25) is 0 Å². The summed E-state index contributed by atoms with van der Waals surface area (Å²) in [6.07, 6.45) is 3.39. The van der Waals surface area contributed by atoms with E-state index in [4.69, 9.17) is 9.72 Å². The summed E-state index contributed by atoms with van der Waals surface area (Å²) in [7, 11) is 0. The fourth-order valence-electron chi connectivity index (χ4n) is 2.41. The summed E-state index contributed by atoms with van der Waals surface area (Å²) in [5.41, 5.74) is 2.42. The molecule has 1 aromatic rings. The molecular formula is C14H19N3O. The maximum Gasteiger partial charge on any atom is 0.129 e. The van der Waals surface area contributed by atoms with Crippen molar-refractivity contribution in [3.63, 3.8) is 0 Å². The van der Waals surface area contributed by atoms with Gasteiger partial charge >= 0.3 is 0 Å². The molecule has 3 rings (SSSR count). The second-order valence-electron chi connectivity index (χ2n) is 4.68. The monoisotopic (exact) mass is 245 g/mol. The van der Waals surface area contributed by atoms with Crippen LogP contribution in [0.25, 0.3) is 5.57 Å². The minimum Gasteiger partial charge on any atom is -0.378 e. The molecule has 3 heterocycles. The molecule has 1 N–H and O–H groups in total. The molecule has 0 atom stereocenters. The van der Waals surface area contributed by atoms with Crippen molar-refractivity contribution in [2.75, 3.05) is 44.3 Å². The molecule has 0 amide bonds. The Morgan fingerprint density at radius 1 is 1.22 bits per heavy atom. The second-order valence-corrected chi connectivity index (χ2v) is 4.68. The van der Waals surface area contributed by atoms with E-state index in [2.05, 4.69) is 34.5 Å². The van der Waals surface area contributed by atoms with Crippen LogP contribution in [-0.2, 0) is 4.74 Å².